The second-order valence-electron chi connectivity index (χ2n) is 1.81. The van der Waals surface area contributed by atoms with Gasteiger partial charge in [-0.15, -0.1) is 0 Å². The molecule has 0 saturated heterocycles. The molecule has 50 valence electrons. The van der Waals surface area contributed by atoms with Gasteiger partial charge in [-0.3, -0.25) is 5.43 Å². The fourth-order valence-electron chi connectivity index (χ4n) is 0.535. The minimum atomic E-state index is -0.673. The van der Waals surface area contributed by atoms with Gasteiger partial charge in [-0.1, -0.05) is 15.9 Å². The molecule has 1 aliphatic heterocycles. The molecule has 0 fully saturated rings. The van der Waals surface area contributed by atoms with Crippen LogP contribution in [0.4, 0.5) is 0 Å². The molecule has 4 heteroatoms. The molecule has 0 aliphatic carbocycles. The number of allylic oxidation sites excluding steroid dienone is 1. The third-order valence-electron chi connectivity index (χ3n) is 0.971. The van der Waals surface area contributed by atoms with Gasteiger partial charge in [-0.2, -0.15) is 5.10 Å². The number of rotatable bonds is 0. The summed E-state index contributed by atoms with van der Waals surface area (Å²) in [5.74, 6) is 0. The number of hydrogen-bond donors (Lipinski definition) is 2. The van der Waals surface area contributed by atoms with Crippen molar-refractivity contribution >= 4 is 21.6 Å². The van der Waals surface area contributed by atoms with Crippen LogP contribution in [0.2, 0.25) is 0 Å². The Morgan fingerprint density at radius 2 is 2.56 bits per heavy atom. The quantitative estimate of drug-likeness (QED) is 0.587. The van der Waals surface area contributed by atoms with Crippen LogP contribution >= 0.6 is 15.9 Å². The molecular weight excluding hydrogens is 184 g/mol. The van der Waals surface area contributed by atoms with E-state index in [1.807, 2.05) is 6.92 Å². The third kappa shape index (κ3) is 1.53. The monoisotopic (exact) mass is 190 g/mol. The molecule has 9 heavy (non-hydrogen) atoms. The van der Waals surface area contributed by atoms with E-state index < -0.39 is 6.23 Å². The highest BCUT2D eigenvalue weighted by Gasteiger charge is 2.09. The zero-order chi connectivity index (χ0) is 6.85. The average molecular weight is 191 g/mol. The van der Waals surface area contributed by atoms with Gasteiger partial charge in [0.1, 0.15) is 0 Å². The number of aliphatic hydroxyl groups is 1. The Balaban J connectivity index is 2.74. The van der Waals surface area contributed by atoms with Crippen molar-refractivity contribution in [1.82, 2.24) is 5.43 Å². The van der Waals surface area contributed by atoms with Gasteiger partial charge in [0.05, 0.1) is 5.71 Å². The fourth-order valence-corrected chi connectivity index (χ4v) is 0.969. The second-order valence-corrected chi connectivity index (χ2v) is 2.73. The molecule has 3 nitrogen and oxygen atoms in total. The molecule has 1 atom stereocenters. The molecule has 1 aliphatic rings. The fraction of sp³-hybridized carbons (Fsp3) is 0.400. The highest BCUT2D eigenvalue weighted by atomic mass is 79.9. The molecular formula is C5H7BrN2O. The van der Waals surface area contributed by atoms with Gasteiger partial charge >= 0.3 is 0 Å². The molecule has 0 bridgehead atoms. The largest absolute Gasteiger partial charge is 0.368 e. The lowest BCUT2D eigenvalue weighted by atomic mass is 10.3. The van der Waals surface area contributed by atoms with Gasteiger partial charge in [0.25, 0.3) is 0 Å². The molecule has 2 N–H and O–H groups in total. The van der Waals surface area contributed by atoms with E-state index in [2.05, 4.69) is 26.5 Å². The number of nitrogens with one attached hydrogen (secondary N) is 1. The van der Waals surface area contributed by atoms with Gasteiger partial charge in [0, 0.05) is 4.48 Å². The van der Waals surface area contributed by atoms with E-state index >= 15 is 0 Å². The van der Waals surface area contributed by atoms with Crippen LogP contribution < -0.4 is 5.43 Å². The van der Waals surface area contributed by atoms with E-state index in [4.69, 9.17) is 5.11 Å². The van der Waals surface area contributed by atoms with Crippen LogP contribution in [0.3, 0.4) is 0 Å². The number of halogens is 1. The summed E-state index contributed by atoms with van der Waals surface area (Å²) in [6, 6.07) is 0. The maximum atomic E-state index is 8.96. The van der Waals surface area contributed by atoms with Crippen LogP contribution in [0.25, 0.3) is 0 Å². The molecule has 0 aromatic heterocycles. The van der Waals surface area contributed by atoms with Crippen LogP contribution in [0.15, 0.2) is 15.7 Å². The maximum absolute atomic E-state index is 8.96. The Morgan fingerprint density at radius 3 is 3.00 bits per heavy atom. The molecule has 0 saturated carbocycles. The molecule has 1 rings (SSSR count). The predicted molar refractivity (Wildman–Crippen MR) is 39.3 cm³/mol. The first-order valence-electron chi connectivity index (χ1n) is 2.55. The standard InChI is InChI=1S/C5H7BrN2O/c1-3-2-4(6)5(9)8-7-3/h2,5,8-9H,1H3. The van der Waals surface area contributed by atoms with Crippen LogP contribution in [0, 0.1) is 0 Å². The van der Waals surface area contributed by atoms with Crippen molar-refractivity contribution in [3.05, 3.63) is 10.6 Å². The summed E-state index contributed by atoms with van der Waals surface area (Å²) in [4.78, 5) is 0. The Hall–Kier alpha value is -0.350. The van der Waals surface area contributed by atoms with E-state index in [0.29, 0.717) is 0 Å². The Labute approximate surface area is 61.6 Å². The number of aliphatic hydroxyl groups excluding tert-OH is 1. The number of nitrogens with zero attached hydrogens (tertiary/aromatic N) is 1. The van der Waals surface area contributed by atoms with Crippen molar-refractivity contribution in [3.8, 4) is 0 Å². The minimum absolute atomic E-state index is 0.673. The van der Waals surface area contributed by atoms with E-state index in [9.17, 15) is 0 Å². The van der Waals surface area contributed by atoms with Crippen molar-refractivity contribution in [2.24, 2.45) is 5.10 Å². The smallest absolute Gasteiger partial charge is 0.172 e. The molecule has 0 aromatic rings. The highest BCUT2D eigenvalue weighted by molar-refractivity contribution is 9.11. The molecule has 1 heterocycles. The van der Waals surface area contributed by atoms with Gasteiger partial charge in [-0.05, 0) is 13.0 Å². The van der Waals surface area contributed by atoms with Gasteiger partial charge in [0.2, 0.25) is 0 Å². The lowest BCUT2D eigenvalue weighted by Crippen LogP contribution is -2.28. The Kier molecular flexibility index (Phi) is 1.87. The van der Waals surface area contributed by atoms with Crippen LogP contribution in [0.5, 0.6) is 0 Å². The summed E-state index contributed by atoms with van der Waals surface area (Å²) in [7, 11) is 0. The maximum Gasteiger partial charge on any atom is 0.172 e. The van der Waals surface area contributed by atoms with Crippen molar-refractivity contribution in [1.29, 1.82) is 0 Å². The van der Waals surface area contributed by atoms with E-state index in [1.165, 1.54) is 0 Å². The first kappa shape index (κ1) is 6.77. The lowest BCUT2D eigenvalue weighted by molar-refractivity contribution is 0.182. The van der Waals surface area contributed by atoms with Crippen LogP contribution in [0.1, 0.15) is 6.92 Å². The zero-order valence-corrected chi connectivity index (χ0v) is 6.51. The van der Waals surface area contributed by atoms with Gasteiger partial charge in [-0.25, -0.2) is 0 Å². The van der Waals surface area contributed by atoms with Crippen molar-refractivity contribution in [2.45, 2.75) is 13.2 Å². The average Bonchev–Trinajstić information content (AvgIpc) is 1.80. The van der Waals surface area contributed by atoms with E-state index in [0.717, 1.165) is 10.2 Å². The van der Waals surface area contributed by atoms with Crippen molar-refractivity contribution in [2.75, 3.05) is 0 Å². The summed E-state index contributed by atoms with van der Waals surface area (Å²) >= 11 is 3.16. The normalized spacial score (nSPS) is 26.3. The summed E-state index contributed by atoms with van der Waals surface area (Å²) < 4.78 is 0.718. The highest BCUT2D eigenvalue weighted by Crippen LogP contribution is 2.11. The van der Waals surface area contributed by atoms with Crippen molar-refractivity contribution < 1.29 is 5.11 Å². The topological polar surface area (TPSA) is 44.6 Å². The first-order valence-corrected chi connectivity index (χ1v) is 3.34. The zero-order valence-electron chi connectivity index (χ0n) is 4.93. The minimum Gasteiger partial charge on any atom is -0.368 e. The summed E-state index contributed by atoms with van der Waals surface area (Å²) in [6.07, 6.45) is 1.09. The molecule has 0 aromatic carbocycles. The third-order valence-corrected chi connectivity index (χ3v) is 1.63. The SMILES string of the molecule is CC1=NNC(O)C(Br)=C1. The molecule has 0 spiro atoms. The van der Waals surface area contributed by atoms with Crippen LogP contribution in [-0.2, 0) is 0 Å². The Morgan fingerprint density at radius 1 is 1.89 bits per heavy atom. The number of hydrazone groups is 1. The van der Waals surface area contributed by atoms with E-state index in [1.54, 1.807) is 6.08 Å². The van der Waals surface area contributed by atoms with E-state index in [-0.39, 0.29) is 0 Å². The van der Waals surface area contributed by atoms with Gasteiger partial charge < -0.3 is 5.11 Å². The number of hydrogen-bond acceptors (Lipinski definition) is 3. The summed E-state index contributed by atoms with van der Waals surface area (Å²) in [6.45, 7) is 1.85. The Bertz CT molecular complexity index is 176. The predicted octanol–water partition coefficient (Wildman–Crippen LogP) is 0.563. The second kappa shape index (κ2) is 2.49. The van der Waals surface area contributed by atoms with Gasteiger partial charge in [0.15, 0.2) is 6.23 Å². The summed E-state index contributed by atoms with van der Waals surface area (Å²) in [5.41, 5.74) is 3.36. The molecule has 1 unspecified atom stereocenters. The van der Waals surface area contributed by atoms with Crippen LogP contribution in [-0.4, -0.2) is 17.0 Å². The summed E-state index contributed by atoms with van der Waals surface area (Å²) in [5, 5.41) is 12.7. The van der Waals surface area contributed by atoms with Crippen molar-refractivity contribution in [3.63, 3.8) is 0 Å². The molecule has 0 radical (unpaired) electrons. The molecule has 0 amide bonds. The first-order chi connectivity index (χ1) is 4.20. The lowest BCUT2D eigenvalue weighted by Gasteiger charge is -2.13.